The highest BCUT2D eigenvalue weighted by Crippen LogP contribution is 2.11. The van der Waals surface area contributed by atoms with Crippen molar-refractivity contribution in [2.45, 2.75) is 19.4 Å². The number of rotatable bonds is 6. The van der Waals surface area contributed by atoms with Crippen LogP contribution in [0, 0.1) is 0 Å². The van der Waals surface area contributed by atoms with Crippen molar-refractivity contribution in [2.24, 2.45) is 12.0 Å². The van der Waals surface area contributed by atoms with Gasteiger partial charge in [0, 0.05) is 33.3 Å². The lowest BCUT2D eigenvalue weighted by Crippen LogP contribution is -2.37. The third-order valence-electron chi connectivity index (χ3n) is 3.90. The number of aromatic nitrogens is 4. The predicted molar refractivity (Wildman–Crippen MR) is 95.8 cm³/mol. The summed E-state index contributed by atoms with van der Waals surface area (Å²) in [7, 11) is 3.71. The van der Waals surface area contributed by atoms with E-state index in [0.29, 0.717) is 6.54 Å². The zero-order chi connectivity index (χ0) is 16.8. The maximum atomic E-state index is 4.59. The minimum atomic E-state index is 0.694. The highest BCUT2D eigenvalue weighted by molar-refractivity contribution is 5.79. The molecule has 0 fully saturated rings. The third-order valence-corrected chi connectivity index (χ3v) is 3.90. The van der Waals surface area contributed by atoms with Crippen molar-refractivity contribution < 1.29 is 0 Å². The molecule has 0 amide bonds. The molecule has 24 heavy (non-hydrogen) atoms. The molecule has 3 aromatic rings. The average Bonchev–Trinajstić information content (AvgIpc) is 3.19. The molecule has 0 saturated heterocycles. The largest absolute Gasteiger partial charge is 0.356 e. The fourth-order valence-electron chi connectivity index (χ4n) is 2.56. The monoisotopic (exact) mass is 325 g/mol. The van der Waals surface area contributed by atoms with Crippen LogP contribution in [0.2, 0.25) is 0 Å². The quantitative estimate of drug-likeness (QED) is 0.365. The Morgan fingerprint density at radius 2 is 2.12 bits per heavy atom. The van der Waals surface area contributed by atoms with Gasteiger partial charge in [-0.3, -0.25) is 9.67 Å². The van der Waals surface area contributed by atoms with Gasteiger partial charge in [0.1, 0.15) is 5.82 Å². The number of benzene rings is 1. The van der Waals surface area contributed by atoms with Crippen molar-refractivity contribution in [3.05, 3.63) is 48.0 Å². The zero-order valence-electron chi connectivity index (χ0n) is 14.1. The van der Waals surface area contributed by atoms with Crippen LogP contribution < -0.4 is 10.6 Å². The molecule has 1 aromatic carbocycles. The Hall–Kier alpha value is -2.83. The number of para-hydroxylation sites is 2. The Bertz CT molecular complexity index is 782. The number of H-pyrrole nitrogens is 1. The Kier molecular flexibility index (Phi) is 5.10. The first kappa shape index (κ1) is 16.0. The summed E-state index contributed by atoms with van der Waals surface area (Å²) in [4.78, 5) is 12.2. The average molecular weight is 325 g/mol. The smallest absolute Gasteiger partial charge is 0.191 e. The minimum Gasteiger partial charge on any atom is -0.356 e. The molecule has 7 heteroatoms. The van der Waals surface area contributed by atoms with E-state index in [0.717, 1.165) is 47.9 Å². The van der Waals surface area contributed by atoms with E-state index in [-0.39, 0.29) is 0 Å². The number of guanidine groups is 1. The van der Waals surface area contributed by atoms with Crippen LogP contribution >= 0.6 is 0 Å². The van der Waals surface area contributed by atoms with Gasteiger partial charge in [-0.1, -0.05) is 12.1 Å². The first-order valence-corrected chi connectivity index (χ1v) is 8.11. The van der Waals surface area contributed by atoms with Crippen LogP contribution in [0.15, 0.2) is 41.5 Å². The summed E-state index contributed by atoms with van der Waals surface area (Å²) in [6, 6.07) is 10.1. The number of hydrogen-bond acceptors (Lipinski definition) is 3. The van der Waals surface area contributed by atoms with Gasteiger partial charge in [0.2, 0.25) is 0 Å². The third kappa shape index (κ3) is 3.92. The lowest BCUT2D eigenvalue weighted by molar-refractivity contribution is 0.678. The molecule has 0 aliphatic carbocycles. The molecular weight excluding hydrogens is 302 g/mol. The predicted octanol–water partition coefficient (Wildman–Crippen LogP) is 1.59. The van der Waals surface area contributed by atoms with Crippen molar-refractivity contribution >= 4 is 17.0 Å². The number of hydrogen-bond donors (Lipinski definition) is 3. The fraction of sp³-hybridized carbons (Fsp3) is 0.353. The molecule has 0 aliphatic rings. The Morgan fingerprint density at radius 3 is 2.88 bits per heavy atom. The molecule has 2 heterocycles. The van der Waals surface area contributed by atoms with Gasteiger partial charge in [-0.2, -0.15) is 5.10 Å². The molecule has 0 aliphatic heterocycles. The Balaban J connectivity index is 1.42. The SMILES string of the molecule is CN=C(NCCCc1nc2ccccc2[nH]1)NCc1ccnn1C. The van der Waals surface area contributed by atoms with Crippen LogP contribution in [0.3, 0.4) is 0 Å². The van der Waals surface area contributed by atoms with Gasteiger partial charge < -0.3 is 15.6 Å². The summed E-state index contributed by atoms with van der Waals surface area (Å²) in [5, 5.41) is 10.8. The molecule has 0 saturated carbocycles. The van der Waals surface area contributed by atoms with Crippen LogP contribution in [0.4, 0.5) is 0 Å². The van der Waals surface area contributed by atoms with Crippen molar-refractivity contribution in [2.75, 3.05) is 13.6 Å². The van der Waals surface area contributed by atoms with Crippen LogP contribution in [-0.4, -0.2) is 39.3 Å². The molecule has 2 aromatic heterocycles. The van der Waals surface area contributed by atoms with Crippen molar-refractivity contribution in [3.8, 4) is 0 Å². The normalized spacial score (nSPS) is 11.8. The maximum Gasteiger partial charge on any atom is 0.191 e. The summed E-state index contributed by atoms with van der Waals surface area (Å²) in [5.74, 6) is 1.82. The van der Waals surface area contributed by atoms with Crippen LogP contribution in [0.1, 0.15) is 17.9 Å². The summed E-state index contributed by atoms with van der Waals surface area (Å²) in [6.45, 7) is 1.53. The van der Waals surface area contributed by atoms with Crippen LogP contribution in [-0.2, 0) is 20.0 Å². The lowest BCUT2D eigenvalue weighted by atomic mass is 10.3. The van der Waals surface area contributed by atoms with Crippen LogP contribution in [0.25, 0.3) is 11.0 Å². The van der Waals surface area contributed by atoms with E-state index in [1.807, 2.05) is 42.1 Å². The number of aryl methyl sites for hydroxylation is 2. The number of nitrogens with zero attached hydrogens (tertiary/aromatic N) is 4. The zero-order valence-corrected chi connectivity index (χ0v) is 14.1. The topological polar surface area (TPSA) is 82.9 Å². The van der Waals surface area contributed by atoms with Gasteiger partial charge in [-0.25, -0.2) is 4.98 Å². The minimum absolute atomic E-state index is 0.694. The van der Waals surface area contributed by atoms with Gasteiger partial charge in [0.25, 0.3) is 0 Å². The highest BCUT2D eigenvalue weighted by Gasteiger charge is 2.03. The highest BCUT2D eigenvalue weighted by atomic mass is 15.3. The lowest BCUT2D eigenvalue weighted by Gasteiger charge is -2.11. The van der Waals surface area contributed by atoms with E-state index in [4.69, 9.17) is 0 Å². The van der Waals surface area contributed by atoms with Gasteiger partial charge in [-0.15, -0.1) is 0 Å². The summed E-state index contributed by atoms with van der Waals surface area (Å²) in [5.41, 5.74) is 3.23. The molecule has 7 nitrogen and oxygen atoms in total. The van der Waals surface area contributed by atoms with E-state index in [1.54, 1.807) is 13.2 Å². The second-order valence-corrected chi connectivity index (χ2v) is 5.60. The second kappa shape index (κ2) is 7.63. The maximum absolute atomic E-state index is 4.59. The summed E-state index contributed by atoms with van der Waals surface area (Å²) >= 11 is 0. The van der Waals surface area contributed by atoms with E-state index < -0.39 is 0 Å². The Morgan fingerprint density at radius 1 is 1.25 bits per heavy atom. The van der Waals surface area contributed by atoms with E-state index in [1.165, 1.54) is 0 Å². The van der Waals surface area contributed by atoms with E-state index >= 15 is 0 Å². The van der Waals surface area contributed by atoms with E-state index in [9.17, 15) is 0 Å². The molecule has 126 valence electrons. The molecule has 0 unspecified atom stereocenters. The number of aromatic amines is 1. The molecule has 0 spiro atoms. The Labute approximate surface area is 141 Å². The first-order chi connectivity index (χ1) is 11.8. The fourth-order valence-corrected chi connectivity index (χ4v) is 2.56. The van der Waals surface area contributed by atoms with Gasteiger partial charge in [-0.05, 0) is 24.6 Å². The van der Waals surface area contributed by atoms with Crippen molar-refractivity contribution in [1.29, 1.82) is 0 Å². The van der Waals surface area contributed by atoms with Gasteiger partial charge in [0.15, 0.2) is 5.96 Å². The molecular formula is C17H23N7. The van der Waals surface area contributed by atoms with Crippen molar-refractivity contribution in [3.63, 3.8) is 0 Å². The number of fused-ring (bicyclic) bond motifs is 1. The van der Waals surface area contributed by atoms with Gasteiger partial charge >= 0.3 is 0 Å². The molecule has 0 atom stereocenters. The molecule has 3 N–H and O–H groups in total. The number of imidazole rings is 1. The van der Waals surface area contributed by atoms with Crippen LogP contribution in [0.5, 0.6) is 0 Å². The second-order valence-electron chi connectivity index (χ2n) is 5.60. The molecule has 3 rings (SSSR count). The first-order valence-electron chi connectivity index (χ1n) is 8.11. The molecule has 0 radical (unpaired) electrons. The standard InChI is InChI=1S/C17H23N7/c1-18-17(20-12-13-9-11-21-24(13)2)19-10-5-8-16-22-14-6-3-4-7-15(14)23-16/h3-4,6-7,9,11H,5,8,10,12H2,1-2H3,(H,22,23)(H2,18,19,20). The summed E-state index contributed by atoms with van der Waals surface area (Å²) < 4.78 is 1.85. The summed E-state index contributed by atoms with van der Waals surface area (Å²) in [6.07, 6.45) is 3.67. The molecule has 0 bridgehead atoms. The van der Waals surface area contributed by atoms with Gasteiger partial charge in [0.05, 0.1) is 23.3 Å². The number of nitrogens with one attached hydrogen (secondary N) is 3. The van der Waals surface area contributed by atoms with E-state index in [2.05, 4.69) is 30.7 Å². The van der Waals surface area contributed by atoms with Crippen molar-refractivity contribution in [1.82, 2.24) is 30.4 Å². The number of aliphatic imine (C=N–C) groups is 1.